The number of rotatable bonds is 21. The fraction of sp³-hybridized carbons (Fsp3) is 0.714. The van der Waals surface area contributed by atoms with Gasteiger partial charge in [-0.15, -0.1) is 11.3 Å². The van der Waals surface area contributed by atoms with Crippen LogP contribution in [0.15, 0.2) is 36.4 Å². The number of hydrogen-bond donors (Lipinski definition) is 0. The van der Waals surface area contributed by atoms with Gasteiger partial charge >= 0.3 is 0 Å². The van der Waals surface area contributed by atoms with Gasteiger partial charge in [0, 0.05) is 42.6 Å². The second kappa shape index (κ2) is 19.8. The minimum Gasteiger partial charge on any atom is -0.379 e. The van der Waals surface area contributed by atoms with Gasteiger partial charge < -0.3 is 23.7 Å². The van der Waals surface area contributed by atoms with Crippen LogP contribution in [-0.4, -0.2) is 57.5 Å². The molecule has 1 saturated heterocycles. The highest BCUT2D eigenvalue weighted by molar-refractivity contribution is 7.12. The van der Waals surface area contributed by atoms with E-state index >= 15 is 0 Å². The molecule has 1 aromatic heterocycles. The maximum atomic E-state index is 6.95. The largest absolute Gasteiger partial charge is 0.379 e. The summed E-state index contributed by atoms with van der Waals surface area (Å²) in [6.07, 6.45) is 9.27. The van der Waals surface area contributed by atoms with Gasteiger partial charge in [0.2, 0.25) is 0 Å². The Bertz CT molecular complexity index is 946. The number of aryl methyl sites for hydroxylation is 1. The van der Waals surface area contributed by atoms with Crippen molar-refractivity contribution in [2.24, 2.45) is 0 Å². The highest BCUT2D eigenvalue weighted by Crippen LogP contribution is 2.38. The van der Waals surface area contributed by atoms with Gasteiger partial charge in [0.1, 0.15) is 30.5 Å². The van der Waals surface area contributed by atoms with E-state index in [1.54, 1.807) is 0 Å². The van der Waals surface area contributed by atoms with Crippen molar-refractivity contribution in [3.63, 3.8) is 0 Å². The third-order valence-corrected chi connectivity index (χ3v) is 8.94. The minimum absolute atomic E-state index is 0.221. The second-order valence-electron chi connectivity index (χ2n) is 11.2. The van der Waals surface area contributed by atoms with Crippen LogP contribution >= 0.6 is 11.3 Å². The van der Waals surface area contributed by atoms with E-state index in [1.807, 2.05) is 11.3 Å². The quantitative estimate of drug-likeness (QED) is 0.137. The SMILES string of the molecule is CCCCOCC1O[C@@H](c2cccc(Cc3ccc(CC)s3)c2)[C@H](OCCCC)[C@@H](OCCCC)[C@@H]1OCCCC. The molecule has 0 radical (unpaired) electrons. The Morgan fingerprint density at radius 3 is 1.93 bits per heavy atom. The average molecular weight is 589 g/mol. The smallest absolute Gasteiger partial charge is 0.117 e. The number of hydrogen-bond acceptors (Lipinski definition) is 6. The molecule has 5 nitrogen and oxygen atoms in total. The zero-order valence-electron chi connectivity index (χ0n) is 26.4. The lowest BCUT2D eigenvalue weighted by Gasteiger charge is -2.46. The topological polar surface area (TPSA) is 46.2 Å². The van der Waals surface area contributed by atoms with Crippen molar-refractivity contribution < 1.29 is 23.7 Å². The van der Waals surface area contributed by atoms with Gasteiger partial charge in [0.05, 0.1) is 6.61 Å². The molecular weight excluding hydrogens is 532 g/mol. The first-order valence-corrected chi connectivity index (χ1v) is 17.2. The summed E-state index contributed by atoms with van der Waals surface area (Å²) in [5, 5.41) is 0. The molecule has 41 heavy (non-hydrogen) atoms. The van der Waals surface area contributed by atoms with E-state index in [4.69, 9.17) is 23.7 Å². The third kappa shape index (κ3) is 11.1. The Hall–Kier alpha value is -1.28. The molecule has 1 aliphatic rings. The van der Waals surface area contributed by atoms with E-state index < -0.39 is 0 Å². The Labute approximate surface area is 254 Å². The molecule has 0 saturated carbocycles. The van der Waals surface area contributed by atoms with Crippen molar-refractivity contribution in [1.29, 1.82) is 0 Å². The summed E-state index contributed by atoms with van der Waals surface area (Å²) in [7, 11) is 0. The van der Waals surface area contributed by atoms with Gasteiger partial charge in [-0.3, -0.25) is 0 Å². The zero-order valence-corrected chi connectivity index (χ0v) is 27.2. The van der Waals surface area contributed by atoms with Gasteiger partial charge in [0.15, 0.2) is 0 Å². The molecule has 0 bridgehead atoms. The average Bonchev–Trinajstić information content (AvgIpc) is 3.44. The molecule has 232 valence electrons. The predicted octanol–water partition coefficient (Wildman–Crippen LogP) is 8.71. The van der Waals surface area contributed by atoms with Crippen molar-refractivity contribution in [2.45, 2.75) is 129 Å². The van der Waals surface area contributed by atoms with Gasteiger partial charge in [-0.25, -0.2) is 0 Å². The highest BCUT2D eigenvalue weighted by Gasteiger charge is 2.48. The monoisotopic (exact) mass is 588 g/mol. The molecule has 1 fully saturated rings. The fourth-order valence-electron chi connectivity index (χ4n) is 5.22. The molecule has 2 heterocycles. The summed E-state index contributed by atoms with van der Waals surface area (Å²) in [6, 6.07) is 13.4. The van der Waals surface area contributed by atoms with E-state index in [-0.39, 0.29) is 30.5 Å². The normalized spacial score (nSPS) is 22.8. The highest BCUT2D eigenvalue weighted by atomic mass is 32.1. The lowest BCUT2D eigenvalue weighted by molar-refractivity contribution is -0.268. The molecule has 1 unspecified atom stereocenters. The first-order chi connectivity index (χ1) is 20.1. The fourth-order valence-corrected chi connectivity index (χ4v) is 6.21. The van der Waals surface area contributed by atoms with Crippen LogP contribution in [0.25, 0.3) is 0 Å². The molecule has 2 aromatic rings. The summed E-state index contributed by atoms with van der Waals surface area (Å²) in [4.78, 5) is 2.83. The second-order valence-corrected chi connectivity index (χ2v) is 12.5. The predicted molar refractivity (Wildman–Crippen MR) is 170 cm³/mol. The van der Waals surface area contributed by atoms with Crippen molar-refractivity contribution in [3.8, 4) is 0 Å². The van der Waals surface area contributed by atoms with E-state index in [0.29, 0.717) is 26.4 Å². The third-order valence-electron chi connectivity index (χ3n) is 7.71. The van der Waals surface area contributed by atoms with Crippen LogP contribution in [0.3, 0.4) is 0 Å². The Morgan fingerprint density at radius 1 is 0.683 bits per heavy atom. The van der Waals surface area contributed by atoms with Crippen molar-refractivity contribution in [1.82, 2.24) is 0 Å². The standard InChI is InChI=1S/C35H56O5S/c1-6-11-20-36-26-31-33(37-21-12-7-2)35(39-23-14-9-4)34(38-22-13-8-3)32(40-31)28-17-15-16-27(24-28)25-30-19-18-29(10-5)41-30/h15-19,24,31-35H,6-14,20-23,25-26H2,1-5H3/t31?,32-,33+,34-,35-/m0/s1. The van der Waals surface area contributed by atoms with Crippen molar-refractivity contribution >= 4 is 11.3 Å². The first-order valence-electron chi connectivity index (χ1n) is 16.4. The van der Waals surface area contributed by atoms with Gasteiger partial charge in [-0.05, 0) is 55.4 Å². The van der Waals surface area contributed by atoms with E-state index in [1.165, 1.54) is 15.3 Å². The molecule has 0 spiro atoms. The van der Waals surface area contributed by atoms with Crippen LogP contribution < -0.4 is 0 Å². The number of benzene rings is 1. The lowest BCUT2D eigenvalue weighted by Crippen LogP contribution is -2.58. The van der Waals surface area contributed by atoms with Crippen LogP contribution in [-0.2, 0) is 36.5 Å². The molecule has 5 atom stereocenters. The summed E-state index contributed by atoms with van der Waals surface area (Å²) in [5.41, 5.74) is 2.44. The summed E-state index contributed by atoms with van der Waals surface area (Å²) in [6.45, 7) is 14.3. The van der Waals surface area contributed by atoms with Crippen molar-refractivity contribution in [3.05, 3.63) is 57.3 Å². The molecule has 0 amide bonds. The number of unbranched alkanes of at least 4 members (excludes halogenated alkanes) is 4. The van der Waals surface area contributed by atoms with Crippen LogP contribution in [0.5, 0.6) is 0 Å². The Kier molecular flexibility index (Phi) is 16.5. The van der Waals surface area contributed by atoms with E-state index in [2.05, 4.69) is 71.0 Å². The maximum absolute atomic E-state index is 6.95. The number of thiophene rings is 1. The summed E-state index contributed by atoms with van der Waals surface area (Å²) >= 11 is 1.91. The van der Waals surface area contributed by atoms with Crippen LogP contribution in [0.2, 0.25) is 0 Å². The summed E-state index contributed by atoms with van der Waals surface area (Å²) < 4.78 is 33.0. The maximum Gasteiger partial charge on any atom is 0.117 e. The molecule has 3 rings (SSSR count). The minimum atomic E-state index is -0.251. The zero-order chi connectivity index (χ0) is 29.3. The van der Waals surface area contributed by atoms with Crippen molar-refractivity contribution in [2.75, 3.05) is 33.0 Å². The molecule has 1 aromatic carbocycles. The lowest BCUT2D eigenvalue weighted by atomic mass is 9.89. The summed E-state index contributed by atoms with van der Waals surface area (Å²) in [5.74, 6) is 0. The molecule has 6 heteroatoms. The number of ether oxygens (including phenoxy) is 5. The van der Waals surface area contributed by atoms with Crippen LogP contribution in [0.4, 0.5) is 0 Å². The van der Waals surface area contributed by atoms with Crippen LogP contribution in [0.1, 0.15) is 113 Å². The van der Waals surface area contributed by atoms with Gasteiger partial charge in [-0.2, -0.15) is 0 Å². The molecular formula is C35H56O5S. The Morgan fingerprint density at radius 2 is 1.29 bits per heavy atom. The first kappa shape index (κ1) is 34.2. The molecule has 0 N–H and O–H groups in total. The molecule has 1 aliphatic heterocycles. The van der Waals surface area contributed by atoms with E-state index in [9.17, 15) is 0 Å². The Balaban J connectivity index is 1.93. The van der Waals surface area contributed by atoms with Crippen LogP contribution in [0, 0.1) is 0 Å². The van der Waals surface area contributed by atoms with E-state index in [0.717, 1.165) is 76.4 Å². The van der Waals surface area contributed by atoms with Gasteiger partial charge in [-0.1, -0.05) is 84.6 Å². The molecule has 0 aliphatic carbocycles. The van der Waals surface area contributed by atoms with Gasteiger partial charge in [0.25, 0.3) is 0 Å².